The molecule has 1 fully saturated rings. The summed E-state index contributed by atoms with van der Waals surface area (Å²) in [6, 6.07) is 0.256. The Labute approximate surface area is 99.0 Å². The fraction of sp³-hybridized carbons (Fsp3) is 0.636. The molecule has 1 aromatic heterocycles. The predicted molar refractivity (Wildman–Crippen MR) is 61.9 cm³/mol. The molecule has 0 bridgehead atoms. The average Bonchev–Trinajstić information content (AvgIpc) is 2.75. The van der Waals surface area contributed by atoms with E-state index in [2.05, 4.69) is 10.5 Å². The largest absolute Gasteiger partial charge is 0.370 e. The van der Waals surface area contributed by atoms with Gasteiger partial charge in [-0.2, -0.15) is 0 Å². The topological polar surface area (TPSA) is 51.2 Å². The Bertz CT molecular complexity index is 370. The highest BCUT2D eigenvalue weighted by Crippen LogP contribution is 2.42. The van der Waals surface area contributed by atoms with Crippen LogP contribution in [0.3, 0.4) is 0 Å². The van der Waals surface area contributed by atoms with Gasteiger partial charge < -0.3 is 4.84 Å². The van der Waals surface area contributed by atoms with Gasteiger partial charge in [-0.05, 0) is 27.2 Å². The summed E-state index contributed by atoms with van der Waals surface area (Å²) in [5.74, 6) is 0.239. The molecule has 1 aliphatic carbocycles. The first kappa shape index (κ1) is 11.5. The number of hydroxylamine groups is 1. The first-order valence-corrected chi connectivity index (χ1v) is 6.21. The molecule has 0 aromatic carbocycles. The Hall–Kier alpha value is -0.940. The Kier molecular flexibility index (Phi) is 2.99. The molecule has 1 N–H and O–H groups in total. The van der Waals surface area contributed by atoms with Crippen molar-refractivity contribution in [1.82, 2.24) is 10.5 Å². The summed E-state index contributed by atoms with van der Waals surface area (Å²) < 4.78 is 0. The van der Waals surface area contributed by atoms with E-state index in [1.807, 2.05) is 32.5 Å². The van der Waals surface area contributed by atoms with E-state index in [-0.39, 0.29) is 12.0 Å². The lowest BCUT2D eigenvalue weighted by Gasteiger charge is -2.16. The van der Waals surface area contributed by atoms with E-state index < -0.39 is 5.41 Å². The van der Waals surface area contributed by atoms with Crippen molar-refractivity contribution >= 4 is 17.3 Å². The van der Waals surface area contributed by atoms with Crippen LogP contribution < -0.4 is 5.48 Å². The first-order valence-electron chi connectivity index (χ1n) is 5.33. The molecule has 0 spiro atoms. The molecule has 0 amide bonds. The van der Waals surface area contributed by atoms with Crippen LogP contribution in [0.5, 0.6) is 0 Å². The molecule has 2 rings (SSSR count). The fourth-order valence-electron chi connectivity index (χ4n) is 1.33. The zero-order valence-electron chi connectivity index (χ0n) is 9.69. The van der Waals surface area contributed by atoms with Crippen molar-refractivity contribution in [2.45, 2.75) is 39.2 Å². The monoisotopic (exact) mass is 240 g/mol. The second kappa shape index (κ2) is 4.14. The van der Waals surface area contributed by atoms with E-state index in [9.17, 15) is 4.79 Å². The van der Waals surface area contributed by atoms with E-state index in [0.717, 1.165) is 6.42 Å². The molecule has 4 nitrogen and oxygen atoms in total. The van der Waals surface area contributed by atoms with Crippen molar-refractivity contribution in [1.29, 1.82) is 0 Å². The second-order valence-corrected chi connectivity index (χ2v) is 6.03. The van der Waals surface area contributed by atoms with Gasteiger partial charge in [0.15, 0.2) is 0 Å². The van der Waals surface area contributed by atoms with Crippen molar-refractivity contribution in [2.24, 2.45) is 5.41 Å². The van der Waals surface area contributed by atoms with Crippen LogP contribution in [0.25, 0.3) is 0 Å². The minimum absolute atomic E-state index is 0.220. The standard InChI is InChI=1S/C11H16N2O2S/c1-11(2,3)10(14)15-13-8-4-7(8)9-5-12-6-16-9/h5-8,13H,4H2,1-3H3. The predicted octanol–water partition coefficient (Wildman–Crippen LogP) is 2.09. The van der Waals surface area contributed by atoms with Crippen LogP contribution in [-0.2, 0) is 9.63 Å². The molecule has 16 heavy (non-hydrogen) atoms. The molecule has 1 saturated carbocycles. The average molecular weight is 240 g/mol. The third kappa shape index (κ3) is 2.59. The highest BCUT2D eigenvalue weighted by atomic mass is 32.1. The number of nitrogens with one attached hydrogen (secondary N) is 1. The summed E-state index contributed by atoms with van der Waals surface area (Å²) in [5.41, 5.74) is 4.20. The zero-order valence-corrected chi connectivity index (χ0v) is 10.5. The van der Waals surface area contributed by atoms with E-state index in [1.54, 1.807) is 11.3 Å². The maximum Gasteiger partial charge on any atom is 0.329 e. The molecule has 1 aliphatic rings. The van der Waals surface area contributed by atoms with Gasteiger partial charge in [0.25, 0.3) is 0 Å². The van der Waals surface area contributed by atoms with E-state index in [4.69, 9.17) is 4.84 Å². The van der Waals surface area contributed by atoms with Crippen LogP contribution in [0.15, 0.2) is 11.7 Å². The van der Waals surface area contributed by atoms with E-state index in [1.165, 1.54) is 4.88 Å². The summed E-state index contributed by atoms with van der Waals surface area (Å²) >= 11 is 1.65. The van der Waals surface area contributed by atoms with Crippen LogP contribution in [0, 0.1) is 5.41 Å². The Morgan fingerprint density at radius 1 is 1.62 bits per heavy atom. The van der Waals surface area contributed by atoms with Gasteiger partial charge >= 0.3 is 5.97 Å². The van der Waals surface area contributed by atoms with Crippen molar-refractivity contribution in [2.75, 3.05) is 0 Å². The quantitative estimate of drug-likeness (QED) is 0.822. The van der Waals surface area contributed by atoms with Crippen molar-refractivity contribution < 1.29 is 9.63 Å². The lowest BCUT2D eigenvalue weighted by atomic mass is 9.98. The van der Waals surface area contributed by atoms with Gasteiger partial charge in [-0.15, -0.1) is 16.8 Å². The maximum absolute atomic E-state index is 11.5. The number of carbonyl (C=O) groups is 1. The highest BCUT2D eigenvalue weighted by Gasteiger charge is 2.41. The number of thiazole rings is 1. The smallest absolute Gasteiger partial charge is 0.329 e. The zero-order chi connectivity index (χ0) is 11.8. The van der Waals surface area contributed by atoms with Gasteiger partial charge in [-0.1, -0.05) is 0 Å². The molecule has 1 heterocycles. The second-order valence-electron chi connectivity index (χ2n) is 5.11. The first-order chi connectivity index (χ1) is 7.48. The molecule has 88 valence electrons. The lowest BCUT2D eigenvalue weighted by Crippen LogP contribution is -2.31. The number of aromatic nitrogens is 1. The minimum Gasteiger partial charge on any atom is -0.370 e. The molecule has 5 heteroatoms. The number of carbonyl (C=O) groups excluding carboxylic acids is 1. The number of hydrogen-bond acceptors (Lipinski definition) is 5. The van der Waals surface area contributed by atoms with Crippen LogP contribution in [0.1, 0.15) is 38.0 Å². The van der Waals surface area contributed by atoms with Gasteiger partial charge in [0.2, 0.25) is 0 Å². The maximum atomic E-state index is 11.5. The number of rotatable bonds is 3. The molecule has 0 aliphatic heterocycles. The Morgan fingerprint density at radius 2 is 2.38 bits per heavy atom. The Morgan fingerprint density at radius 3 is 2.94 bits per heavy atom. The van der Waals surface area contributed by atoms with Gasteiger partial charge in [-0.25, -0.2) is 4.79 Å². The highest BCUT2D eigenvalue weighted by molar-refractivity contribution is 7.09. The number of hydrogen-bond donors (Lipinski definition) is 1. The van der Waals surface area contributed by atoms with Crippen molar-refractivity contribution in [3.8, 4) is 0 Å². The summed E-state index contributed by atoms with van der Waals surface area (Å²) in [4.78, 5) is 21.8. The summed E-state index contributed by atoms with van der Waals surface area (Å²) in [6.45, 7) is 5.51. The molecule has 2 unspecified atom stereocenters. The summed E-state index contributed by atoms with van der Waals surface area (Å²) in [5, 5.41) is 0. The molecule has 0 radical (unpaired) electrons. The van der Waals surface area contributed by atoms with Crippen LogP contribution in [0.4, 0.5) is 0 Å². The third-order valence-electron chi connectivity index (χ3n) is 2.52. The van der Waals surface area contributed by atoms with Gasteiger partial charge in [0.05, 0.1) is 17.0 Å². The SMILES string of the molecule is CC(C)(C)C(=O)ONC1CC1c1cncs1. The summed E-state index contributed by atoms with van der Waals surface area (Å²) in [7, 11) is 0. The molecule has 2 atom stereocenters. The van der Waals surface area contributed by atoms with E-state index >= 15 is 0 Å². The summed E-state index contributed by atoms with van der Waals surface area (Å²) in [6.07, 6.45) is 2.89. The number of nitrogens with zero attached hydrogens (tertiary/aromatic N) is 1. The van der Waals surface area contributed by atoms with E-state index in [0.29, 0.717) is 5.92 Å². The van der Waals surface area contributed by atoms with Crippen molar-refractivity contribution in [3.05, 3.63) is 16.6 Å². The van der Waals surface area contributed by atoms with Crippen LogP contribution >= 0.6 is 11.3 Å². The Balaban J connectivity index is 1.76. The van der Waals surface area contributed by atoms with Crippen molar-refractivity contribution in [3.63, 3.8) is 0 Å². The lowest BCUT2D eigenvalue weighted by molar-refractivity contribution is -0.161. The molecule has 0 saturated heterocycles. The molecular formula is C11H16N2O2S. The van der Waals surface area contributed by atoms with Crippen LogP contribution in [0.2, 0.25) is 0 Å². The molecule has 1 aromatic rings. The van der Waals surface area contributed by atoms with Gasteiger partial charge in [0.1, 0.15) is 0 Å². The normalized spacial score (nSPS) is 24.2. The van der Waals surface area contributed by atoms with Crippen LogP contribution in [-0.4, -0.2) is 17.0 Å². The van der Waals surface area contributed by atoms with Gasteiger partial charge in [0, 0.05) is 17.0 Å². The minimum atomic E-state index is -0.456. The third-order valence-corrected chi connectivity index (χ3v) is 3.43. The van der Waals surface area contributed by atoms with Gasteiger partial charge in [-0.3, -0.25) is 4.98 Å². The fourth-order valence-corrected chi connectivity index (χ4v) is 2.13. The molecular weight excluding hydrogens is 224 g/mol.